The first-order valence-electron chi connectivity index (χ1n) is 6.57. The van der Waals surface area contributed by atoms with Crippen molar-refractivity contribution in [2.24, 2.45) is 0 Å². The highest BCUT2D eigenvalue weighted by Gasteiger charge is 2.05. The van der Waals surface area contributed by atoms with Crippen molar-refractivity contribution in [2.45, 2.75) is 0 Å². The fraction of sp³-hybridized carbons (Fsp3) is 0. The molecule has 0 spiro atoms. The maximum Gasteiger partial charge on any atom is 0.178 e. The second kappa shape index (κ2) is 7.04. The van der Waals surface area contributed by atoms with Gasteiger partial charge in [-0.25, -0.2) is 0 Å². The summed E-state index contributed by atoms with van der Waals surface area (Å²) in [5.41, 5.74) is 1.90. The molecular weight excluding hydrogens is 280 g/mol. The Labute approximate surface area is 127 Å². The van der Waals surface area contributed by atoms with Gasteiger partial charge in [0, 0.05) is 0 Å². The van der Waals surface area contributed by atoms with E-state index in [0.29, 0.717) is 0 Å². The minimum absolute atomic E-state index is 0.00537. The highest BCUT2D eigenvalue weighted by Crippen LogP contribution is 2.17. The number of hydrogen-bond acceptors (Lipinski definition) is 4. The van der Waals surface area contributed by atoms with Gasteiger partial charge in [-0.3, -0.25) is 9.59 Å². The van der Waals surface area contributed by atoms with Gasteiger partial charge in [-0.1, -0.05) is 24.3 Å². The molecule has 0 radical (unpaired) electrons. The number of phenolic OH excluding ortho intramolecular Hbond substituents is 2. The first-order chi connectivity index (χ1) is 10.5. The molecule has 0 atom stereocenters. The average Bonchev–Trinajstić information content (AvgIpc) is 2.53. The molecule has 1 aromatic carbocycles. The summed E-state index contributed by atoms with van der Waals surface area (Å²) in [5, 5.41) is 17.3. The predicted octanol–water partition coefficient (Wildman–Crippen LogP) is 2.77. The minimum Gasteiger partial charge on any atom is -0.508 e. The van der Waals surface area contributed by atoms with Crippen molar-refractivity contribution in [3.05, 3.63) is 84.0 Å². The summed E-state index contributed by atoms with van der Waals surface area (Å²) in [6.07, 6.45) is 13.1. The number of carbonyl (C=O) groups is 2. The monoisotopic (exact) mass is 294 g/mol. The molecule has 4 heteroatoms. The molecule has 0 unspecified atom stereocenters. The lowest BCUT2D eigenvalue weighted by atomic mass is 9.99. The van der Waals surface area contributed by atoms with E-state index in [1.807, 2.05) is 0 Å². The van der Waals surface area contributed by atoms with Crippen molar-refractivity contribution in [3.63, 3.8) is 0 Å². The van der Waals surface area contributed by atoms with E-state index in [4.69, 9.17) is 10.2 Å². The Balaban J connectivity index is 0.000000188. The Morgan fingerprint density at radius 3 is 1.05 bits per heavy atom. The van der Waals surface area contributed by atoms with Gasteiger partial charge in [0.25, 0.3) is 0 Å². The Bertz CT molecular complexity index is 630. The summed E-state index contributed by atoms with van der Waals surface area (Å²) < 4.78 is 0. The third-order valence-electron chi connectivity index (χ3n) is 2.89. The van der Waals surface area contributed by atoms with Crippen molar-refractivity contribution in [1.82, 2.24) is 0 Å². The van der Waals surface area contributed by atoms with Gasteiger partial charge >= 0.3 is 0 Å². The van der Waals surface area contributed by atoms with Crippen LogP contribution >= 0.6 is 0 Å². The topological polar surface area (TPSA) is 74.6 Å². The number of rotatable bonds is 0. The van der Waals surface area contributed by atoms with Crippen LogP contribution in [0.3, 0.4) is 0 Å². The van der Waals surface area contributed by atoms with Crippen molar-refractivity contribution in [3.8, 4) is 11.5 Å². The first-order valence-corrected chi connectivity index (χ1v) is 6.57. The standard InChI is InChI=1S/C12H8O2.C6H6O2/c13-11-5-1-9(2-6-11)10-3-7-12(14)8-4-10;7-5-1-2-6(8)4-3-5/h1-8H;1-4,7-8H. The summed E-state index contributed by atoms with van der Waals surface area (Å²) in [5.74, 6) is 0.328. The Morgan fingerprint density at radius 2 is 0.773 bits per heavy atom. The number of benzene rings is 1. The van der Waals surface area contributed by atoms with Gasteiger partial charge in [0.2, 0.25) is 0 Å². The van der Waals surface area contributed by atoms with E-state index in [1.165, 1.54) is 48.6 Å². The van der Waals surface area contributed by atoms with Gasteiger partial charge in [-0.15, -0.1) is 0 Å². The van der Waals surface area contributed by atoms with E-state index < -0.39 is 0 Å². The molecule has 3 rings (SSSR count). The summed E-state index contributed by atoms with van der Waals surface area (Å²) in [6.45, 7) is 0. The molecule has 0 bridgehead atoms. The molecule has 0 saturated heterocycles. The molecule has 0 heterocycles. The molecular formula is C18H14O4. The van der Waals surface area contributed by atoms with Crippen LogP contribution in [-0.4, -0.2) is 21.8 Å². The molecule has 0 saturated carbocycles. The number of hydrogen-bond donors (Lipinski definition) is 2. The molecule has 0 amide bonds. The molecule has 0 fully saturated rings. The predicted molar refractivity (Wildman–Crippen MR) is 83.4 cm³/mol. The zero-order valence-electron chi connectivity index (χ0n) is 11.6. The smallest absolute Gasteiger partial charge is 0.178 e. The van der Waals surface area contributed by atoms with E-state index in [2.05, 4.69) is 0 Å². The lowest BCUT2D eigenvalue weighted by Gasteiger charge is -2.05. The average molecular weight is 294 g/mol. The van der Waals surface area contributed by atoms with Crippen molar-refractivity contribution < 1.29 is 19.8 Å². The molecule has 2 aliphatic rings. The summed E-state index contributed by atoms with van der Waals surface area (Å²) in [7, 11) is 0. The van der Waals surface area contributed by atoms with Gasteiger partial charge < -0.3 is 10.2 Å². The summed E-state index contributed by atoms with van der Waals surface area (Å²) >= 11 is 0. The van der Waals surface area contributed by atoms with E-state index in [0.717, 1.165) is 11.1 Å². The quantitative estimate of drug-likeness (QED) is 0.721. The Hall–Kier alpha value is -3.14. The Kier molecular flexibility index (Phi) is 4.88. The number of aromatic hydroxyl groups is 2. The third-order valence-corrected chi connectivity index (χ3v) is 2.89. The molecule has 0 aromatic heterocycles. The van der Waals surface area contributed by atoms with Gasteiger partial charge in [0.1, 0.15) is 11.5 Å². The van der Waals surface area contributed by atoms with Gasteiger partial charge in [-0.2, -0.15) is 0 Å². The largest absolute Gasteiger partial charge is 0.508 e. The van der Waals surface area contributed by atoms with Gasteiger partial charge in [0.15, 0.2) is 11.6 Å². The van der Waals surface area contributed by atoms with Gasteiger partial charge in [-0.05, 0) is 59.7 Å². The zero-order valence-corrected chi connectivity index (χ0v) is 11.6. The van der Waals surface area contributed by atoms with Crippen LogP contribution in [-0.2, 0) is 9.59 Å². The lowest BCUT2D eigenvalue weighted by Crippen LogP contribution is -1.97. The minimum atomic E-state index is -0.00537. The van der Waals surface area contributed by atoms with E-state index in [-0.39, 0.29) is 23.1 Å². The summed E-state index contributed by atoms with van der Waals surface area (Å²) in [6, 6.07) is 5.70. The molecule has 1 aromatic rings. The van der Waals surface area contributed by atoms with Crippen molar-refractivity contribution in [1.29, 1.82) is 0 Å². The van der Waals surface area contributed by atoms with Crippen LogP contribution in [0, 0.1) is 0 Å². The molecule has 4 nitrogen and oxygen atoms in total. The van der Waals surface area contributed by atoms with E-state index in [9.17, 15) is 9.59 Å². The highest BCUT2D eigenvalue weighted by atomic mass is 16.3. The van der Waals surface area contributed by atoms with E-state index >= 15 is 0 Å². The molecule has 2 aliphatic carbocycles. The number of carbonyl (C=O) groups excluding carboxylic acids is 2. The molecule has 22 heavy (non-hydrogen) atoms. The second-order valence-electron chi connectivity index (χ2n) is 4.57. The fourth-order valence-corrected chi connectivity index (χ4v) is 1.75. The van der Waals surface area contributed by atoms with Crippen LogP contribution in [0.2, 0.25) is 0 Å². The number of ketones is 2. The highest BCUT2D eigenvalue weighted by molar-refractivity contribution is 6.03. The summed E-state index contributed by atoms with van der Waals surface area (Å²) in [4.78, 5) is 21.7. The maximum atomic E-state index is 10.9. The normalized spacial score (nSPS) is 15.8. The lowest BCUT2D eigenvalue weighted by molar-refractivity contribution is -0.111. The maximum absolute atomic E-state index is 10.9. The Morgan fingerprint density at radius 1 is 0.500 bits per heavy atom. The van der Waals surface area contributed by atoms with Crippen LogP contribution < -0.4 is 0 Å². The van der Waals surface area contributed by atoms with Gasteiger partial charge in [0.05, 0.1) is 0 Å². The van der Waals surface area contributed by atoms with Crippen molar-refractivity contribution >= 4 is 11.6 Å². The van der Waals surface area contributed by atoms with E-state index in [1.54, 1.807) is 24.3 Å². The van der Waals surface area contributed by atoms with Crippen LogP contribution in [0.1, 0.15) is 0 Å². The van der Waals surface area contributed by atoms with Crippen LogP contribution in [0.4, 0.5) is 0 Å². The fourth-order valence-electron chi connectivity index (χ4n) is 1.75. The molecule has 2 N–H and O–H groups in total. The zero-order chi connectivity index (χ0) is 15.9. The first kappa shape index (κ1) is 15.3. The van der Waals surface area contributed by atoms with Crippen LogP contribution in [0.5, 0.6) is 11.5 Å². The third kappa shape index (κ3) is 4.45. The molecule has 110 valence electrons. The second-order valence-corrected chi connectivity index (χ2v) is 4.57. The van der Waals surface area contributed by atoms with Crippen molar-refractivity contribution in [2.75, 3.05) is 0 Å². The van der Waals surface area contributed by atoms with Crippen LogP contribution in [0.15, 0.2) is 84.0 Å². The number of allylic oxidation sites excluding steroid dienone is 10. The molecule has 0 aliphatic heterocycles. The number of phenols is 2. The van der Waals surface area contributed by atoms with Crippen LogP contribution in [0.25, 0.3) is 0 Å². The SMILES string of the molecule is O=C1C=CC(=C2C=CC(=O)C=C2)C=C1.Oc1ccc(O)cc1.